The molecule has 0 amide bonds. The third-order valence-corrected chi connectivity index (χ3v) is 5.17. The van der Waals surface area contributed by atoms with Gasteiger partial charge in [0.2, 0.25) is 10.0 Å². The van der Waals surface area contributed by atoms with E-state index in [4.69, 9.17) is 5.73 Å². The fourth-order valence-corrected chi connectivity index (χ4v) is 4.00. The van der Waals surface area contributed by atoms with Gasteiger partial charge in [-0.15, -0.1) is 0 Å². The number of sulfonamides is 1. The molecule has 0 radical (unpaired) electrons. The minimum atomic E-state index is -3.56. The summed E-state index contributed by atoms with van der Waals surface area (Å²) in [5.74, 6) is 0.452. The van der Waals surface area contributed by atoms with Crippen LogP contribution in [0.3, 0.4) is 0 Å². The lowest BCUT2D eigenvalue weighted by Gasteiger charge is -2.16. The molecule has 0 saturated heterocycles. The summed E-state index contributed by atoms with van der Waals surface area (Å²) < 4.78 is 29.0. The van der Waals surface area contributed by atoms with E-state index < -0.39 is 10.0 Å². The first-order valence-corrected chi connectivity index (χ1v) is 8.27. The van der Waals surface area contributed by atoms with Gasteiger partial charge in [0.25, 0.3) is 0 Å². The Bertz CT molecular complexity index is 538. The van der Waals surface area contributed by atoms with Gasteiger partial charge in [0, 0.05) is 18.8 Å². The Hall–Kier alpha value is -1.08. The molecule has 19 heavy (non-hydrogen) atoms. The standard InChI is InChI=1S/C12H22N4O2S/c1-3-7-16-8-11(12(13)14-16)19(17,18)15-10-6-4-5-9(10)2/h8-10,15H,3-7H2,1-2H3,(H2,13,14). The van der Waals surface area contributed by atoms with Crippen LogP contribution in [0.1, 0.15) is 39.5 Å². The minimum absolute atomic E-state index is 0.0129. The molecule has 0 bridgehead atoms. The van der Waals surface area contributed by atoms with Crippen LogP contribution in [0.4, 0.5) is 5.82 Å². The van der Waals surface area contributed by atoms with Gasteiger partial charge in [-0.2, -0.15) is 5.10 Å². The Morgan fingerprint density at radius 3 is 2.84 bits per heavy atom. The minimum Gasteiger partial charge on any atom is -0.381 e. The second-order valence-electron chi connectivity index (χ2n) is 5.28. The summed E-state index contributed by atoms with van der Waals surface area (Å²) in [6.07, 6.45) is 5.43. The first kappa shape index (κ1) is 14.3. The predicted molar refractivity (Wildman–Crippen MR) is 74.1 cm³/mol. The van der Waals surface area contributed by atoms with Crippen LogP contribution < -0.4 is 10.5 Å². The lowest BCUT2D eigenvalue weighted by molar-refractivity contribution is 0.476. The van der Waals surface area contributed by atoms with Crippen molar-refractivity contribution in [3.8, 4) is 0 Å². The molecule has 1 aromatic heterocycles. The van der Waals surface area contributed by atoms with Gasteiger partial charge in [-0.1, -0.05) is 20.3 Å². The van der Waals surface area contributed by atoms with E-state index in [0.717, 1.165) is 25.7 Å². The molecule has 3 N–H and O–H groups in total. The second-order valence-corrected chi connectivity index (χ2v) is 6.96. The summed E-state index contributed by atoms with van der Waals surface area (Å²) in [6, 6.07) is 0.0129. The van der Waals surface area contributed by atoms with E-state index in [2.05, 4.69) is 16.7 Å². The maximum atomic E-state index is 12.3. The van der Waals surface area contributed by atoms with Crippen molar-refractivity contribution in [2.75, 3.05) is 5.73 Å². The van der Waals surface area contributed by atoms with Crippen LogP contribution in [0.2, 0.25) is 0 Å². The van der Waals surface area contributed by atoms with Crippen LogP contribution >= 0.6 is 0 Å². The summed E-state index contributed by atoms with van der Waals surface area (Å²) in [7, 11) is -3.56. The third-order valence-electron chi connectivity index (χ3n) is 3.67. The van der Waals surface area contributed by atoms with Crippen molar-refractivity contribution in [2.45, 2.75) is 57.0 Å². The molecule has 6 nitrogen and oxygen atoms in total. The molecule has 1 aliphatic carbocycles. The smallest absolute Gasteiger partial charge is 0.246 e. The van der Waals surface area contributed by atoms with Crippen molar-refractivity contribution in [3.05, 3.63) is 6.20 Å². The highest BCUT2D eigenvalue weighted by atomic mass is 32.2. The zero-order chi connectivity index (χ0) is 14.0. The van der Waals surface area contributed by atoms with Crippen molar-refractivity contribution < 1.29 is 8.42 Å². The van der Waals surface area contributed by atoms with Gasteiger partial charge in [-0.3, -0.25) is 4.68 Å². The average molecular weight is 286 g/mol. The third kappa shape index (κ3) is 3.09. The number of rotatable bonds is 5. The summed E-state index contributed by atoms with van der Waals surface area (Å²) >= 11 is 0. The topological polar surface area (TPSA) is 90.0 Å². The van der Waals surface area contributed by atoms with Crippen LogP contribution in [0.25, 0.3) is 0 Å². The molecular weight excluding hydrogens is 264 g/mol. The molecule has 0 aromatic carbocycles. The number of aryl methyl sites for hydroxylation is 1. The zero-order valence-electron chi connectivity index (χ0n) is 11.5. The van der Waals surface area contributed by atoms with Gasteiger partial charge in [0.15, 0.2) is 5.82 Å². The quantitative estimate of drug-likeness (QED) is 0.854. The molecule has 7 heteroatoms. The lowest BCUT2D eigenvalue weighted by atomic mass is 10.1. The van der Waals surface area contributed by atoms with E-state index in [-0.39, 0.29) is 16.8 Å². The van der Waals surface area contributed by atoms with E-state index in [1.165, 1.54) is 6.20 Å². The van der Waals surface area contributed by atoms with Crippen LogP contribution in [0.15, 0.2) is 11.1 Å². The SMILES string of the molecule is CCCn1cc(S(=O)(=O)NC2CCCC2C)c(N)n1. The Kier molecular flexibility index (Phi) is 4.15. The summed E-state index contributed by atoms with van der Waals surface area (Å²) in [5.41, 5.74) is 5.72. The van der Waals surface area contributed by atoms with E-state index in [1.54, 1.807) is 4.68 Å². The van der Waals surface area contributed by atoms with Gasteiger partial charge < -0.3 is 5.73 Å². The lowest BCUT2D eigenvalue weighted by Crippen LogP contribution is -2.36. The Labute approximate surface area is 114 Å². The molecule has 2 atom stereocenters. The number of hydrogen-bond acceptors (Lipinski definition) is 4. The number of nitrogens with zero attached hydrogens (tertiary/aromatic N) is 2. The number of aromatic nitrogens is 2. The number of anilines is 1. The fraction of sp³-hybridized carbons (Fsp3) is 0.750. The van der Waals surface area contributed by atoms with Gasteiger partial charge in [-0.05, 0) is 25.2 Å². The number of hydrogen-bond donors (Lipinski definition) is 2. The maximum Gasteiger partial charge on any atom is 0.246 e. The molecule has 1 fully saturated rings. The number of nitrogens with one attached hydrogen (secondary N) is 1. The van der Waals surface area contributed by atoms with E-state index >= 15 is 0 Å². The van der Waals surface area contributed by atoms with E-state index in [0.29, 0.717) is 12.5 Å². The normalized spacial score (nSPS) is 23.9. The molecule has 1 saturated carbocycles. The highest BCUT2D eigenvalue weighted by molar-refractivity contribution is 7.89. The van der Waals surface area contributed by atoms with Gasteiger partial charge >= 0.3 is 0 Å². The van der Waals surface area contributed by atoms with Gasteiger partial charge in [-0.25, -0.2) is 13.1 Å². The largest absolute Gasteiger partial charge is 0.381 e. The molecule has 0 spiro atoms. The summed E-state index contributed by atoms with van der Waals surface area (Å²) in [5, 5.41) is 4.04. The van der Waals surface area contributed by atoms with Crippen LogP contribution in [0, 0.1) is 5.92 Å². The molecule has 2 rings (SSSR count). The highest BCUT2D eigenvalue weighted by Crippen LogP contribution is 2.27. The monoisotopic (exact) mass is 286 g/mol. The van der Waals surface area contributed by atoms with Crippen LogP contribution in [0.5, 0.6) is 0 Å². The van der Waals surface area contributed by atoms with E-state index in [1.807, 2.05) is 6.92 Å². The van der Waals surface area contributed by atoms with E-state index in [9.17, 15) is 8.42 Å². The summed E-state index contributed by atoms with van der Waals surface area (Å²) in [4.78, 5) is 0.0973. The Balaban J connectivity index is 2.19. The number of nitrogen functional groups attached to an aromatic ring is 1. The zero-order valence-corrected chi connectivity index (χ0v) is 12.3. The van der Waals surface area contributed by atoms with Gasteiger partial charge in [0.05, 0.1) is 0 Å². The molecular formula is C12H22N4O2S. The van der Waals surface area contributed by atoms with Gasteiger partial charge in [0.1, 0.15) is 4.90 Å². The van der Waals surface area contributed by atoms with Crippen molar-refractivity contribution in [1.29, 1.82) is 0 Å². The first-order chi connectivity index (χ1) is 8.94. The summed E-state index contributed by atoms with van der Waals surface area (Å²) in [6.45, 7) is 4.74. The highest BCUT2D eigenvalue weighted by Gasteiger charge is 2.30. The van der Waals surface area contributed by atoms with Crippen molar-refractivity contribution >= 4 is 15.8 Å². The molecule has 1 aromatic rings. The van der Waals surface area contributed by atoms with Crippen LogP contribution in [-0.2, 0) is 16.6 Å². The first-order valence-electron chi connectivity index (χ1n) is 6.79. The van der Waals surface area contributed by atoms with Crippen LogP contribution in [-0.4, -0.2) is 24.2 Å². The molecule has 108 valence electrons. The fourth-order valence-electron chi connectivity index (χ4n) is 2.55. The second kappa shape index (κ2) is 5.50. The Morgan fingerprint density at radius 2 is 2.26 bits per heavy atom. The van der Waals surface area contributed by atoms with Crippen molar-refractivity contribution in [1.82, 2.24) is 14.5 Å². The molecule has 2 unspecified atom stereocenters. The molecule has 0 aliphatic heterocycles. The average Bonchev–Trinajstić information content (AvgIpc) is 2.87. The molecule has 1 heterocycles. The predicted octanol–water partition coefficient (Wildman–Crippen LogP) is 1.34. The maximum absolute atomic E-state index is 12.3. The van der Waals surface area contributed by atoms with Crippen molar-refractivity contribution in [3.63, 3.8) is 0 Å². The Morgan fingerprint density at radius 1 is 1.53 bits per heavy atom. The molecule has 1 aliphatic rings. The van der Waals surface area contributed by atoms with Crippen molar-refractivity contribution in [2.24, 2.45) is 5.92 Å². The number of nitrogens with two attached hydrogens (primary N) is 1.